The fraction of sp³-hybridized carbons (Fsp3) is 0.500. The van der Waals surface area contributed by atoms with Gasteiger partial charge in [0.15, 0.2) is 0 Å². The van der Waals surface area contributed by atoms with Crippen molar-refractivity contribution >= 4 is 23.2 Å². The van der Waals surface area contributed by atoms with Crippen molar-refractivity contribution in [2.45, 2.75) is 19.9 Å². The van der Waals surface area contributed by atoms with Gasteiger partial charge in [-0.2, -0.15) is 0 Å². The number of hydrogen-bond acceptors (Lipinski definition) is 3. The second-order valence-electron chi connectivity index (χ2n) is 5.10. The summed E-state index contributed by atoms with van der Waals surface area (Å²) in [5.74, 6) is 0.00835. The molecule has 1 aliphatic heterocycles. The van der Waals surface area contributed by atoms with Gasteiger partial charge in [-0.25, -0.2) is 0 Å². The second-order valence-corrected chi connectivity index (χ2v) is 5.51. The number of anilines is 1. The molecule has 0 saturated carbocycles. The quantitative estimate of drug-likeness (QED) is 0.889. The molecule has 0 aliphatic carbocycles. The van der Waals surface area contributed by atoms with Crippen molar-refractivity contribution in [1.82, 2.24) is 10.2 Å². The smallest absolute Gasteiger partial charge is 0.238 e. The van der Waals surface area contributed by atoms with Gasteiger partial charge in [0.25, 0.3) is 0 Å². The summed E-state index contributed by atoms with van der Waals surface area (Å²) in [5.41, 5.74) is 1.76. The van der Waals surface area contributed by atoms with Crippen LogP contribution in [0.25, 0.3) is 0 Å². The number of aryl methyl sites for hydroxylation is 1. The van der Waals surface area contributed by atoms with Crippen molar-refractivity contribution in [2.24, 2.45) is 0 Å². The van der Waals surface area contributed by atoms with Crippen molar-refractivity contribution < 1.29 is 4.79 Å². The number of hydrogen-bond donors (Lipinski definition) is 2. The van der Waals surface area contributed by atoms with Crippen molar-refractivity contribution in [1.29, 1.82) is 0 Å². The van der Waals surface area contributed by atoms with Crippen LogP contribution in [-0.4, -0.2) is 43.0 Å². The summed E-state index contributed by atoms with van der Waals surface area (Å²) in [6.07, 6.45) is 0. The van der Waals surface area contributed by atoms with Crippen molar-refractivity contribution in [3.05, 3.63) is 28.8 Å². The van der Waals surface area contributed by atoms with Crippen molar-refractivity contribution in [2.75, 3.05) is 31.5 Å². The van der Waals surface area contributed by atoms with Crippen molar-refractivity contribution in [3.63, 3.8) is 0 Å². The average molecular weight is 282 g/mol. The van der Waals surface area contributed by atoms with Gasteiger partial charge < -0.3 is 10.6 Å². The molecule has 0 aromatic heterocycles. The Morgan fingerprint density at radius 2 is 2.37 bits per heavy atom. The van der Waals surface area contributed by atoms with E-state index < -0.39 is 0 Å². The third kappa shape index (κ3) is 4.20. The molecule has 4 nitrogen and oxygen atoms in total. The van der Waals surface area contributed by atoms with E-state index in [1.54, 1.807) is 6.07 Å². The predicted octanol–water partition coefficient (Wildman–Crippen LogP) is 1.88. The molecule has 1 aliphatic rings. The highest BCUT2D eigenvalue weighted by Crippen LogP contribution is 2.19. The topological polar surface area (TPSA) is 44.4 Å². The lowest BCUT2D eigenvalue weighted by Gasteiger charge is -2.31. The molecule has 1 aromatic carbocycles. The molecule has 1 aromatic rings. The van der Waals surface area contributed by atoms with E-state index in [0.717, 1.165) is 30.9 Å². The summed E-state index contributed by atoms with van der Waals surface area (Å²) in [7, 11) is 0. The number of nitrogens with zero attached hydrogens (tertiary/aromatic N) is 1. The van der Waals surface area contributed by atoms with Gasteiger partial charge in [-0.15, -0.1) is 0 Å². The number of benzene rings is 1. The highest BCUT2D eigenvalue weighted by atomic mass is 35.5. The van der Waals surface area contributed by atoms with Gasteiger partial charge in [-0.3, -0.25) is 9.69 Å². The summed E-state index contributed by atoms with van der Waals surface area (Å²) >= 11 is 6.04. The molecular formula is C14H20ClN3O. The minimum Gasteiger partial charge on any atom is -0.325 e. The molecule has 0 spiro atoms. The van der Waals surface area contributed by atoms with Gasteiger partial charge in [-0.05, 0) is 31.5 Å². The largest absolute Gasteiger partial charge is 0.325 e. The first-order valence-electron chi connectivity index (χ1n) is 6.56. The molecule has 0 bridgehead atoms. The van der Waals surface area contributed by atoms with E-state index in [1.807, 2.05) is 19.1 Å². The lowest BCUT2D eigenvalue weighted by molar-refractivity contribution is -0.117. The molecule has 1 atom stereocenters. The fourth-order valence-corrected chi connectivity index (χ4v) is 2.41. The Balaban J connectivity index is 1.88. The number of carbonyl (C=O) groups excluding carboxylic acids is 1. The summed E-state index contributed by atoms with van der Waals surface area (Å²) in [4.78, 5) is 14.1. The maximum absolute atomic E-state index is 12.0. The molecule has 1 fully saturated rings. The number of halogens is 1. The lowest BCUT2D eigenvalue weighted by Crippen LogP contribution is -2.51. The van der Waals surface area contributed by atoms with E-state index >= 15 is 0 Å². The molecule has 104 valence electrons. The Morgan fingerprint density at radius 3 is 3.05 bits per heavy atom. The molecule has 1 saturated heterocycles. The summed E-state index contributed by atoms with van der Waals surface area (Å²) < 4.78 is 0. The highest BCUT2D eigenvalue weighted by Gasteiger charge is 2.17. The number of rotatable bonds is 3. The predicted molar refractivity (Wildman–Crippen MR) is 78.7 cm³/mol. The maximum atomic E-state index is 12.0. The zero-order valence-electron chi connectivity index (χ0n) is 11.4. The van der Waals surface area contributed by atoms with Gasteiger partial charge in [-0.1, -0.05) is 17.7 Å². The second kappa shape index (κ2) is 6.37. The van der Waals surface area contributed by atoms with Crippen LogP contribution >= 0.6 is 11.6 Å². The van der Waals surface area contributed by atoms with E-state index in [9.17, 15) is 4.79 Å². The number of amides is 1. The van der Waals surface area contributed by atoms with Gasteiger partial charge in [0, 0.05) is 36.4 Å². The zero-order chi connectivity index (χ0) is 13.8. The maximum Gasteiger partial charge on any atom is 0.238 e. The molecule has 5 heteroatoms. The standard InChI is InChI=1S/C14H20ClN3O/c1-10-3-4-12(7-13(10)15)17-14(19)9-18-6-5-16-11(2)8-18/h3-4,7,11,16H,5-6,8-9H2,1-2H3,(H,17,19)/t11-/m1/s1. The first kappa shape index (κ1) is 14.3. The molecule has 1 amide bonds. The molecule has 2 rings (SSSR count). The van der Waals surface area contributed by atoms with Crippen LogP contribution < -0.4 is 10.6 Å². The Hall–Kier alpha value is -1.10. The minimum absolute atomic E-state index is 0.00835. The Bertz CT molecular complexity index is 464. The minimum atomic E-state index is 0.00835. The first-order valence-corrected chi connectivity index (χ1v) is 6.94. The van der Waals surface area contributed by atoms with E-state index in [0.29, 0.717) is 17.6 Å². The Labute approximate surface area is 119 Å². The lowest BCUT2D eigenvalue weighted by atomic mass is 10.2. The highest BCUT2D eigenvalue weighted by molar-refractivity contribution is 6.31. The summed E-state index contributed by atoms with van der Waals surface area (Å²) in [5, 5.41) is 6.92. The third-order valence-electron chi connectivity index (χ3n) is 3.28. The zero-order valence-corrected chi connectivity index (χ0v) is 12.1. The molecular weight excluding hydrogens is 262 g/mol. The van der Waals surface area contributed by atoms with E-state index in [-0.39, 0.29) is 5.91 Å². The van der Waals surface area contributed by atoms with Crippen LogP contribution in [-0.2, 0) is 4.79 Å². The van der Waals surface area contributed by atoms with Crippen LogP contribution in [0.3, 0.4) is 0 Å². The van der Waals surface area contributed by atoms with Crippen molar-refractivity contribution in [3.8, 4) is 0 Å². The molecule has 0 radical (unpaired) electrons. The number of carbonyl (C=O) groups is 1. The van der Waals surface area contributed by atoms with Gasteiger partial charge in [0.2, 0.25) is 5.91 Å². The van der Waals surface area contributed by atoms with Crippen LogP contribution in [0.4, 0.5) is 5.69 Å². The molecule has 0 unspecified atom stereocenters. The Kier molecular flexibility index (Phi) is 4.80. The average Bonchev–Trinajstić information content (AvgIpc) is 2.34. The number of nitrogens with one attached hydrogen (secondary N) is 2. The van der Waals surface area contributed by atoms with E-state index in [1.165, 1.54) is 0 Å². The summed E-state index contributed by atoms with van der Waals surface area (Å²) in [6, 6.07) is 6.01. The number of piperazine rings is 1. The van der Waals surface area contributed by atoms with Gasteiger partial charge in [0.1, 0.15) is 0 Å². The normalized spacial score (nSPS) is 20.3. The van der Waals surface area contributed by atoms with Crippen LogP contribution in [0, 0.1) is 6.92 Å². The summed E-state index contributed by atoms with van der Waals surface area (Å²) in [6.45, 7) is 7.25. The van der Waals surface area contributed by atoms with Gasteiger partial charge in [0.05, 0.1) is 6.54 Å². The van der Waals surface area contributed by atoms with Crippen LogP contribution in [0.2, 0.25) is 5.02 Å². The fourth-order valence-electron chi connectivity index (χ4n) is 2.23. The third-order valence-corrected chi connectivity index (χ3v) is 3.68. The van der Waals surface area contributed by atoms with E-state index in [4.69, 9.17) is 11.6 Å². The first-order chi connectivity index (χ1) is 9.04. The monoisotopic (exact) mass is 281 g/mol. The van der Waals surface area contributed by atoms with E-state index in [2.05, 4.69) is 22.5 Å². The van der Waals surface area contributed by atoms with Gasteiger partial charge >= 0.3 is 0 Å². The van der Waals surface area contributed by atoms with Crippen LogP contribution in [0.5, 0.6) is 0 Å². The SMILES string of the molecule is Cc1ccc(NC(=O)CN2CCN[C@H](C)C2)cc1Cl. The molecule has 19 heavy (non-hydrogen) atoms. The van der Waals surface area contributed by atoms with Crippen LogP contribution in [0.15, 0.2) is 18.2 Å². The molecule has 2 N–H and O–H groups in total. The Morgan fingerprint density at radius 1 is 1.58 bits per heavy atom. The molecule has 1 heterocycles. The van der Waals surface area contributed by atoms with Crippen LogP contribution in [0.1, 0.15) is 12.5 Å².